The molecule has 1 heteroatoms. The van der Waals surface area contributed by atoms with E-state index in [0.29, 0.717) is 6.10 Å². The van der Waals surface area contributed by atoms with Gasteiger partial charge < -0.3 is 4.74 Å². The summed E-state index contributed by atoms with van der Waals surface area (Å²) in [5.74, 6) is 0. The van der Waals surface area contributed by atoms with Crippen LogP contribution in [0.4, 0.5) is 0 Å². The molecule has 0 fully saturated rings. The van der Waals surface area contributed by atoms with E-state index in [1.165, 1.54) is 5.57 Å². The van der Waals surface area contributed by atoms with Crippen LogP contribution in [-0.2, 0) is 4.74 Å². The first kappa shape index (κ1) is 10.7. The van der Waals surface area contributed by atoms with Crippen LogP contribution < -0.4 is 0 Å². The summed E-state index contributed by atoms with van der Waals surface area (Å²) in [5.41, 5.74) is 1.25. The molecule has 0 rings (SSSR count). The fourth-order valence-corrected chi connectivity index (χ4v) is 0.776. The van der Waals surface area contributed by atoms with E-state index in [1.807, 2.05) is 0 Å². The predicted molar refractivity (Wildman–Crippen MR) is 49.8 cm³/mol. The molecule has 0 aliphatic carbocycles. The van der Waals surface area contributed by atoms with E-state index in [4.69, 9.17) is 4.74 Å². The van der Waals surface area contributed by atoms with Crippen LogP contribution in [0.1, 0.15) is 40.0 Å². The highest BCUT2D eigenvalue weighted by atomic mass is 16.5. The first-order valence-corrected chi connectivity index (χ1v) is 4.42. The van der Waals surface area contributed by atoms with Crippen LogP contribution in [0.3, 0.4) is 0 Å². The first-order chi connectivity index (χ1) is 5.16. The van der Waals surface area contributed by atoms with E-state index in [0.717, 1.165) is 25.9 Å². The van der Waals surface area contributed by atoms with Crippen LogP contribution in [0, 0.1) is 0 Å². The molecule has 0 aromatic heterocycles. The number of rotatable bonds is 6. The van der Waals surface area contributed by atoms with Gasteiger partial charge in [-0.3, -0.25) is 0 Å². The molecule has 0 heterocycles. The minimum Gasteiger partial charge on any atom is -0.379 e. The third-order valence-electron chi connectivity index (χ3n) is 1.73. The molecule has 1 atom stereocenters. The monoisotopic (exact) mass is 156 g/mol. The molecule has 11 heavy (non-hydrogen) atoms. The second-order valence-corrected chi connectivity index (χ2v) is 3.15. The van der Waals surface area contributed by atoms with Crippen LogP contribution in [0.2, 0.25) is 0 Å². The molecule has 1 unspecified atom stereocenters. The van der Waals surface area contributed by atoms with Crippen molar-refractivity contribution in [2.24, 2.45) is 0 Å². The number of ether oxygens (including phenoxy) is 1. The van der Waals surface area contributed by atoms with Gasteiger partial charge in [0, 0.05) is 6.61 Å². The van der Waals surface area contributed by atoms with Gasteiger partial charge in [-0.2, -0.15) is 0 Å². The Hall–Kier alpha value is -0.300. The summed E-state index contributed by atoms with van der Waals surface area (Å²) in [6.45, 7) is 11.0. The molecular weight excluding hydrogens is 136 g/mol. The van der Waals surface area contributed by atoms with E-state index in [2.05, 4.69) is 27.4 Å². The van der Waals surface area contributed by atoms with Gasteiger partial charge in [-0.25, -0.2) is 0 Å². The maximum absolute atomic E-state index is 5.50. The Labute approximate surface area is 70.4 Å². The zero-order valence-electron chi connectivity index (χ0n) is 8.02. The lowest BCUT2D eigenvalue weighted by Gasteiger charge is -2.09. The van der Waals surface area contributed by atoms with Crippen LogP contribution in [0.25, 0.3) is 0 Å². The lowest BCUT2D eigenvalue weighted by atomic mass is 10.2. The molecule has 0 aliphatic rings. The molecule has 0 saturated carbocycles. The summed E-state index contributed by atoms with van der Waals surface area (Å²) in [4.78, 5) is 0. The van der Waals surface area contributed by atoms with E-state index in [1.54, 1.807) is 0 Å². The normalized spacial score (nSPS) is 13.0. The van der Waals surface area contributed by atoms with Gasteiger partial charge in [0.05, 0.1) is 6.10 Å². The third kappa shape index (κ3) is 7.60. The van der Waals surface area contributed by atoms with Gasteiger partial charge in [-0.1, -0.05) is 12.5 Å². The Bertz CT molecular complexity index is 107. The molecule has 0 saturated heterocycles. The van der Waals surface area contributed by atoms with Crippen molar-refractivity contribution in [2.75, 3.05) is 6.61 Å². The highest BCUT2D eigenvalue weighted by Crippen LogP contribution is 2.03. The second kappa shape index (κ2) is 6.41. The molecule has 0 aliphatic heterocycles. The van der Waals surface area contributed by atoms with Crippen molar-refractivity contribution in [3.8, 4) is 0 Å². The van der Waals surface area contributed by atoms with Gasteiger partial charge >= 0.3 is 0 Å². The first-order valence-electron chi connectivity index (χ1n) is 4.42. The van der Waals surface area contributed by atoms with Crippen molar-refractivity contribution < 1.29 is 4.74 Å². The van der Waals surface area contributed by atoms with Gasteiger partial charge in [0.2, 0.25) is 0 Å². The zero-order chi connectivity index (χ0) is 8.69. The van der Waals surface area contributed by atoms with Crippen molar-refractivity contribution in [3.63, 3.8) is 0 Å². The zero-order valence-corrected chi connectivity index (χ0v) is 8.02. The van der Waals surface area contributed by atoms with Crippen molar-refractivity contribution in [1.82, 2.24) is 0 Å². The summed E-state index contributed by atoms with van der Waals surface area (Å²) >= 11 is 0. The van der Waals surface area contributed by atoms with Crippen LogP contribution >= 0.6 is 0 Å². The smallest absolute Gasteiger partial charge is 0.0544 e. The predicted octanol–water partition coefficient (Wildman–Crippen LogP) is 3.16. The Morgan fingerprint density at radius 3 is 2.64 bits per heavy atom. The molecule has 0 amide bonds. The highest BCUT2D eigenvalue weighted by Gasteiger charge is 1.96. The van der Waals surface area contributed by atoms with E-state index in [9.17, 15) is 0 Å². The maximum Gasteiger partial charge on any atom is 0.0544 e. The van der Waals surface area contributed by atoms with Gasteiger partial charge in [0.15, 0.2) is 0 Å². The van der Waals surface area contributed by atoms with Gasteiger partial charge in [0.25, 0.3) is 0 Å². The van der Waals surface area contributed by atoms with E-state index >= 15 is 0 Å². The standard InChI is InChI=1S/C10H20O/c1-5-10(4)11-8-6-7-9(2)3/h10H,2,5-8H2,1,3-4H3. The van der Waals surface area contributed by atoms with Gasteiger partial charge in [-0.15, -0.1) is 6.58 Å². The molecule has 0 aromatic rings. The molecule has 0 aromatic carbocycles. The highest BCUT2D eigenvalue weighted by molar-refractivity contribution is 4.86. The average Bonchev–Trinajstić information content (AvgIpc) is 1.97. The van der Waals surface area contributed by atoms with Gasteiger partial charge in [-0.05, 0) is 33.1 Å². The molecule has 0 spiro atoms. The van der Waals surface area contributed by atoms with Crippen molar-refractivity contribution >= 4 is 0 Å². The Morgan fingerprint density at radius 1 is 1.55 bits per heavy atom. The number of hydrogen-bond acceptors (Lipinski definition) is 1. The summed E-state index contributed by atoms with van der Waals surface area (Å²) < 4.78 is 5.50. The Balaban J connectivity index is 3.08. The topological polar surface area (TPSA) is 9.23 Å². The lowest BCUT2D eigenvalue weighted by molar-refractivity contribution is 0.0621. The SMILES string of the molecule is C=C(C)CCCOC(C)CC. The van der Waals surface area contributed by atoms with E-state index in [-0.39, 0.29) is 0 Å². The fraction of sp³-hybridized carbons (Fsp3) is 0.800. The van der Waals surface area contributed by atoms with Crippen LogP contribution in [0.15, 0.2) is 12.2 Å². The summed E-state index contributed by atoms with van der Waals surface area (Å²) in [6, 6.07) is 0. The minimum atomic E-state index is 0.417. The van der Waals surface area contributed by atoms with Crippen LogP contribution in [-0.4, -0.2) is 12.7 Å². The average molecular weight is 156 g/mol. The molecule has 66 valence electrons. The largest absolute Gasteiger partial charge is 0.379 e. The third-order valence-corrected chi connectivity index (χ3v) is 1.73. The maximum atomic E-state index is 5.50. The number of allylic oxidation sites excluding steroid dienone is 1. The minimum absolute atomic E-state index is 0.417. The number of hydrogen-bond donors (Lipinski definition) is 0. The quantitative estimate of drug-likeness (QED) is 0.424. The molecule has 0 N–H and O–H groups in total. The fourth-order valence-electron chi connectivity index (χ4n) is 0.776. The molecule has 1 nitrogen and oxygen atoms in total. The van der Waals surface area contributed by atoms with Crippen LogP contribution in [0.5, 0.6) is 0 Å². The summed E-state index contributed by atoms with van der Waals surface area (Å²) in [7, 11) is 0. The second-order valence-electron chi connectivity index (χ2n) is 3.15. The van der Waals surface area contributed by atoms with Crippen molar-refractivity contribution in [1.29, 1.82) is 0 Å². The summed E-state index contributed by atoms with van der Waals surface area (Å²) in [5, 5.41) is 0. The Kier molecular flexibility index (Phi) is 6.24. The molecule has 0 bridgehead atoms. The van der Waals surface area contributed by atoms with E-state index < -0.39 is 0 Å². The van der Waals surface area contributed by atoms with Crippen molar-refractivity contribution in [2.45, 2.75) is 46.1 Å². The Morgan fingerprint density at radius 2 is 2.18 bits per heavy atom. The molecular formula is C10H20O. The summed E-state index contributed by atoms with van der Waals surface area (Å²) in [6.07, 6.45) is 3.73. The van der Waals surface area contributed by atoms with Crippen molar-refractivity contribution in [3.05, 3.63) is 12.2 Å². The lowest BCUT2D eigenvalue weighted by Crippen LogP contribution is -2.07. The molecule has 0 radical (unpaired) electrons. The van der Waals surface area contributed by atoms with Gasteiger partial charge in [0.1, 0.15) is 0 Å².